The molecule has 3 aromatic carbocycles. The number of benzene rings is 3. The van der Waals surface area contributed by atoms with Gasteiger partial charge in [-0.15, -0.1) is 0 Å². The highest BCUT2D eigenvalue weighted by atomic mass is 19.1. The summed E-state index contributed by atoms with van der Waals surface area (Å²) in [5.41, 5.74) is 6.80. The number of halogens is 1. The van der Waals surface area contributed by atoms with Crippen LogP contribution < -0.4 is 10.1 Å². The summed E-state index contributed by atoms with van der Waals surface area (Å²) < 4.78 is 27.3. The second kappa shape index (κ2) is 14.6. The molecule has 1 heterocycles. The zero-order chi connectivity index (χ0) is 32.0. The fraction of sp³-hybridized carbons (Fsp3) is 0.405. The Bertz CT molecular complexity index is 1620. The first kappa shape index (κ1) is 32.8. The van der Waals surface area contributed by atoms with Crippen LogP contribution in [0.15, 0.2) is 60.7 Å². The minimum absolute atomic E-state index is 0.124. The van der Waals surface area contributed by atoms with Crippen LogP contribution in [0.25, 0.3) is 10.9 Å². The predicted octanol–water partition coefficient (Wildman–Crippen LogP) is 8.11. The number of ether oxygens (including phenoxy) is 2. The number of methoxy groups -OCH3 is 1. The van der Waals surface area contributed by atoms with Gasteiger partial charge in [-0.1, -0.05) is 57.5 Å². The Morgan fingerprint density at radius 2 is 1.75 bits per heavy atom. The Kier molecular flexibility index (Phi) is 10.8. The zero-order valence-corrected chi connectivity index (χ0v) is 27.0. The number of nitrogens with one attached hydrogen (secondary N) is 1. The van der Waals surface area contributed by atoms with Crippen molar-refractivity contribution in [2.45, 2.75) is 85.9 Å². The Labute approximate surface area is 260 Å². The van der Waals surface area contributed by atoms with Gasteiger partial charge < -0.3 is 19.4 Å². The van der Waals surface area contributed by atoms with Crippen molar-refractivity contribution in [3.05, 3.63) is 100.0 Å². The Balaban J connectivity index is 1.63. The number of carbonyl (C=O) groups excluding carboxylic acids is 2. The van der Waals surface area contributed by atoms with Gasteiger partial charge in [0.2, 0.25) is 0 Å². The molecule has 0 aliphatic heterocycles. The molecule has 0 aliphatic rings. The van der Waals surface area contributed by atoms with E-state index in [0.717, 1.165) is 59.1 Å². The number of unbranched alkanes of at least 4 members (excludes halogenated alkanes) is 1. The van der Waals surface area contributed by atoms with Crippen LogP contribution in [-0.2, 0) is 28.9 Å². The van der Waals surface area contributed by atoms with Gasteiger partial charge in [-0.05, 0) is 86.1 Å². The van der Waals surface area contributed by atoms with Crippen molar-refractivity contribution in [2.24, 2.45) is 5.92 Å². The fourth-order valence-corrected chi connectivity index (χ4v) is 5.69. The van der Waals surface area contributed by atoms with E-state index in [4.69, 9.17) is 9.47 Å². The van der Waals surface area contributed by atoms with Crippen LogP contribution in [0.5, 0.6) is 5.75 Å². The Morgan fingerprint density at radius 3 is 2.45 bits per heavy atom. The van der Waals surface area contributed by atoms with Crippen LogP contribution in [0.1, 0.15) is 91.8 Å². The molecule has 0 radical (unpaired) electrons. The number of rotatable bonds is 13. The smallest absolute Gasteiger partial charge is 0.346 e. The number of nitrogens with zero attached hydrogens (tertiary/aromatic N) is 1. The normalized spacial score (nSPS) is 12.8. The van der Waals surface area contributed by atoms with E-state index in [0.29, 0.717) is 17.9 Å². The number of aromatic nitrogens is 1. The first-order valence-corrected chi connectivity index (χ1v) is 15.6. The molecule has 4 aromatic rings. The minimum Gasteiger partial charge on any atom is -0.479 e. The van der Waals surface area contributed by atoms with Gasteiger partial charge in [-0.25, -0.2) is 9.18 Å². The van der Waals surface area contributed by atoms with Gasteiger partial charge in [0.1, 0.15) is 11.6 Å². The summed E-state index contributed by atoms with van der Waals surface area (Å²) in [4.78, 5) is 25.3. The highest BCUT2D eigenvalue weighted by Gasteiger charge is 2.20. The number of esters is 1. The molecule has 1 N–H and O–H groups in total. The summed E-state index contributed by atoms with van der Waals surface area (Å²) in [6, 6.07) is 18.7. The maximum atomic E-state index is 14.7. The Hall–Kier alpha value is -4.13. The summed E-state index contributed by atoms with van der Waals surface area (Å²) in [5.74, 6) is -0.448. The van der Waals surface area contributed by atoms with Gasteiger partial charge in [-0.2, -0.15) is 0 Å². The third-order valence-electron chi connectivity index (χ3n) is 8.04. The third-order valence-corrected chi connectivity index (χ3v) is 8.04. The molecule has 44 heavy (non-hydrogen) atoms. The highest BCUT2D eigenvalue weighted by molar-refractivity contribution is 5.99. The molecule has 0 fully saturated rings. The number of fused-ring (bicyclic) bond motifs is 1. The zero-order valence-electron chi connectivity index (χ0n) is 27.0. The fourth-order valence-electron chi connectivity index (χ4n) is 5.69. The molecule has 1 aromatic heterocycles. The van der Waals surface area contributed by atoms with Crippen molar-refractivity contribution in [1.29, 1.82) is 0 Å². The molecule has 2 atom stereocenters. The number of amides is 1. The average Bonchev–Trinajstić information content (AvgIpc) is 3.24. The van der Waals surface area contributed by atoms with Crippen molar-refractivity contribution in [1.82, 2.24) is 9.88 Å². The van der Waals surface area contributed by atoms with Crippen molar-refractivity contribution in [3.8, 4) is 5.75 Å². The summed E-state index contributed by atoms with van der Waals surface area (Å²) in [6.45, 7) is 13.0. The standard InChI is InChI=1S/C37H45FN2O4/c1-8-9-11-27-12-10-13-29(16-27)24(4)39-36(41)30-14-15-33-34(25(5)40(22-23(2)3)35(33)20-30)19-28-17-31(38)21-32(18-28)44-26(6)37(42)43-7/h10,12-18,20-21,23-24,26H,8-9,11,19,22H2,1-7H3,(H,39,41)/t24-,26?/m0/s1. The first-order valence-electron chi connectivity index (χ1n) is 15.6. The second-order valence-corrected chi connectivity index (χ2v) is 12.1. The van der Waals surface area contributed by atoms with Gasteiger partial charge in [0, 0.05) is 41.2 Å². The van der Waals surface area contributed by atoms with Crippen molar-refractivity contribution >= 4 is 22.8 Å². The van der Waals surface area contributed by atoms with Gasteiger partial charge in [-0.3, -0.25) is 4.79 Å². The number of hydrogen-bond acceptors (Lipinski definition) is 4. The van der Waals surface area contributed by atoms with E-state index >= 15 is 0 Å². The number of hydrogen-bond donors (Lipinski definition) is 1. The van der Waals surface area contributed by atoms with E-state index in [9.17, 15) is 14.0 Å². The third kappa shape index (κ3) is 7.87. The van der Waals surface area contributed by atoms with Crippen LogP contribution in [0.2, 0.25) is 0 Å². The average molecular weight is 601 g/mol. The molecule has 0 bridgehead atoms. The van der Waals surface area contributed by atoms with Crippen molar-refractivity contribution in [2.75, 3.05) is 7.11 Å². The summed E-state index contributed by atoms with van der Waals surface area (Å²) >= 11 is 0. The van der Waals surface area contributed by atoms with Crippen molar-refractivity contribution < 1.29 is 23.5 Å². The molecule has 4 rings (SSSR count). The van der Waals surface area contributed by atoms with Crippen molar-refractivity contribution in [3.63, 3.8) is 0 Å². The van der Waals surface area contributed by atoms with E-state index in [1.807, 2.05) is 25.1 Å². The maximum absolute atomic E-state index is 14.7. The molecule has 0 saturated heterocycles. The van der Waals surface area contributed by atoms with E-state index in [-0.39, 0.29) is 17.7 Å². The number of carbonyl (C=O) groups is 2. The van der Waals surface area contributed by atoms with E-state index in [1.54, 1.807) is 13.0 Å². The number of aryl methyl sites for hydroxylation is 1. The summed E-state index contributed by atoms with van der Waals surface area (Å²) in [6.07, 6.45) is 2.93. The van der Waals surface area contributed by atoms with Crippen LogP contribution in [-0.4, -0.2) is 29.7 Å². The molecule has 0 aliphatic carbocycles. The molecule has 6 nitrogen and oxygen atoms in total. The van der Waals surface area contributed by atoms with Gasteiger partial charge in [0.15, 0.2) is 6.10 Å². The van der Waals surface area contributed by atoms with E-state index in [1.165, 1.54) is 24.8 Å². The maximum Gasteiger partial charge on any atom is 0.346 e. The topological polar surface area (TPSA) is 69.6 Å². The van der Waals surface area contributed by atoms with Crippen LogP contribution in [0, 0.1) is 18.7 Å². The van der Waals surface area contributed by atoms with Crippen LogP contribution in [0.4, 0.5) is 4.39 Å². The highest BCUT2D eigenvalue weighted by Crippen LogP contribution is 2.31. The molecule has 1 unspecified atom stereocenters. The molecular formula is C37H45FN2O4. The summed E-state index contributed by atoms with van der Waals surface area (Å²) in [5, 5.41) is 4.20. The minimum atomic E-state index is -0.860. The first-order chi connectivity index (χ1) is 21.0. The lowest BCUT2D eigenvalue weighted by Crippen LogP contribution is -2.26. The summed E-state index contributed by atoms with van der Waals surface area (Å²) in [7, 11) is 1.29. The predicted molar refractivity (Wildman–Crippen MR) is 174 cm³/mol. The van der Waals surface area contributed by atoms with E-state index < -0.39 is 17.9 Å². The quantitative estimate of drug-likeness (QED) is 0.157. The SMILES string of the molecule is CCCCc1cccc([C@H](C)NC(=O)c2ccc3c(Cc4cc(F)cc(OC(C)C(=O)OC)c4)c(C)n(CC(C)C)c3c2)c1. The van der Waals surface area contributed by atoms with Gasteiger partial charge in [0.05, 0.1) is 13.2 Å². The molecule has 7 heteroatoms. The largest absolute Gasteiger partial charge is 0.479 e. The van der Waals surface area contributed by atoms with Crippen LogP contribution in [0.3, 0.4) is 0 Å². The molecule has 1 amide bonds. The van der Waals surface area contributed by atoms with E-state index in [2.05, 4.69) is 61.8 Å². The molecule has 234 valence electrons. The lowest BCUT2D eigenvalue weighted by atomic mass is 10.00. The second-order valence-electron chi connectivity index (χ2n) is 12.1. The molecule has 0 saturated carbocycles. The molecule has 0 spiro atoms. The van der Waals surface area contributed by atoms with Gasteiger partial charge >= 0.3 is 5.97 Å². The molecular weight excluding hydrogens is 555 g/mol. The Morgan fingerprint density at radius 1 is 0.977 bits per heavy atom. The van der Waals surface area contributed by atoms with Crippen LogP contribution >= 0.6 is 0 Å². The van der Waals surface area contributed by atoms with Gasteiger partial charge in [0.25, 0.3) is 5.91 Å². The monoisotopic (exact) mass is 600 g/mol. The lowest BCUT2D eigenvalue weighted by molar-refractivity contribution is -0.147. The lowest BCUT2D eigenvalue weighted by Gasteiger charge is -2.16.